The fraction of sp³-hybridized carbons (Fsp3) is 0.333. The van der Waals surface area contributed by atoms with Crippen molar-refractivity contribution in [1.82, 2.24) is 19.8 Å². The average Bonchev–Trinajstić information content (AvgIpc) is 3.47. The minimum absolute atomic E-state index is 0.0503. The Morgan fingerprint density at radius 1 is 1.07 bits per heavy atom. The second-order valence-corrected chi connectivity index (χ2v) is 11.5. The van der Waals surface area contributed by atoms with Crippen molar-refractivity contribution in [1.29, 1.82) is 0 Å². The molecule has 1 N–H and O–H groups in total. The zero-order chi connectivity index (χ0) is 28.5. The summed E-state index contributed by atoms with van der Waals surface area (Å²) in [7, 11) is 1.32. The van der Waals surface area contributed by atoms with Gasteiger partial charge >= 0.3 is 6.09 Å². The third kappa shape index (κ3) is 5.34. The molecule has 4 aliphatic rings. The summed E-state index contributed by atoms with van der Waals surface area (Å²) in [6.45, 7) is 0.715. The van der Waals surface area contributed by atoms with E-state index in [0.717, 1.165) is 16.7 Å². The Hall–Kier alpha value is -4.09. The van der Waals surface area contributed by atoms with Gasteiger partial charge in [0.15, 0.2) is 0 Å². The molecule has 212 valence electrons. The van der Waals surface area contributed by atoms with Crippen molar-refractivity contribution >= 4 is 35.2 Å². The summed E-state index contributed by atoms with van der Waals surface area (Å²) < 4.78 is 5.21. The van der Waals surface area contributed by atoms with Gasteiger partial charge in [0.25, 0.3) is 0 Å². The number of fused-ring (bicyclic) bond motifs is 2. The van der Waals surface area contributed by atoms with E-state index in [4.69, 9.17) is 4.74 Å². The predicted molar refractivity (Wildman–Crippen MR) is 155 cm³/mol. The topological polar surface area (TPSA) is 106 Å². The molecule has 41 heavy (non-hydrogen) atoms. The number of phenols is 1. The number of piperazine rings is 1. The number of aliphatic imine (C=N–C) groups is 1. The van der Waals surface area contributed by atoms with E-state index < -0.39 is 18.3 Å². The van der Waals surface area contributed by atoms with Gasteiger partial charge in [0, 0.05) is 19.5 Å². The van der Waals surface area contributed by atoms with E-state index >= 15 is 0 Å². The summed E-state index contributed by atoms with van der Waals surface area (Å²) in [5.41, 5.74) is 4.60. The summed E-state index contributed by atoms with van der Waals surface area (Å²) in [5.74, 6) is -0.308. The number of nitrogens with zero attached hydrogens (tertiary/aromatic N) is 5. The molecule has 11 heteroatoms. The zero-order valence-electron chi connectivity index (χ0n) is 22.6. The lowest BCUT2D eigenvalue weighted by molar-refractivity contribution is -0.195. The van der Waals surface area contributed by atoms with E-state index in [-0.39, 0.29) is 48.4 Å². The van der Waals surface area contributed by atoms with Crippen LogP contribution in [0.3, 0.4) is 0 Å². The number of rotatable bonds is 6. The number of thioether (sulfide) groups is 1. The van der Waals surface area contributed by atoms with E-state index in [2.05, 4.69) is 11.1 Å². The maximum Gasteiger partial charge on any atom is 0.426 e. The van der Waals surface area contributed by atoms with Crippen LogP contribution >= 0.6 is 11.8 Å². The fourth-order valence-electron chi connectivity index (χ4n) is 5.93. The number of phenolic OH excluding ortho intramolecular Hbond substituents is 1. The van der Waals surface area contributed by atoms with Gasteiger partial charge in [-0.15, -0.1) is 11.8 Å². The minimum Gasteiger partial charge on any atom is -0.508 e. The molecule has 0 radical (unpaired) electrons. The molecule has 0 bridgehead atoms. The first kappa shape index (κ1) is 27.1. The van der Waals surface area contributed by atoms with Crippen molar-refractivity contribution < 1.29 is 24.2 Å². The van der Waals surface area contributed by atoms with E-state index in [9.17, 15) is 19.5 Å². The van der Waals surface area contributed by atoms with Crippen LogP contribution in [0.2, 0.25) is 0 Å². The van der Waals surface area contributed by atoms with Gasteiger partial charge in [0.1, 0.15) is 18.0 Å². The fourth-order valence-corrected chi connectivity index (χ4v) is 6.85. The SMILES string of the molecule is COC(=O)N1C2CN(CC3=CC=CC4SC=NC34)C(=O)C(Cc3ccc(O)cc3)N2C(=O)CN1Cc1ccccc1. The molecular formula is C30H31N5O5S. The maximum atomic E-state index is 14.1. The van der Waals surface area contributed by atoms with Gasteiger partial charge in [-0.05, 0) is 28.8 Å². The van der Waals surface area contributed by atoms with Gasteiger partial charge < -0.3 is 19.6 Å². The van der Waals surface area contributed by atoms with Crippen LogP contribution in [0.1, 0.15) is 11.1 Å². The minimum atomic E-state index is -0.839. The van der Waals surface area contributed by atoms with E-state index in [1.54, 1.807) is 50.8 Å². The monoisotopic (exact) mass is 573 g/mol. The highest BCUT2D eigenvalue weighted by molar-refractivity contribution is 8.13. The number of methoxy groups -OCH3 is 1. The van der Waals surface area contributed by atoms with Crippen LogP contribution in [-0.2, 0) is 27.3 Å². The summed E-state index contributed by atoms with van der Waals surface area (Å²) >= 11 is 1.65. The first-order valence-electron chi connectivity index (χ1n) is 13.5. The lowest BCUT2D eigenvalue weighted by Crippen LogP contribution is -2.76. The summed E-state index contributed by atoms with van der Waals surface area (Å²) in [5, 5.41) is 13.2. The molecular weight excluding hydrogens is 542 g/mol. The first-order valence-corrected chi connectivity index (χ1v) is 14.5. The molecule has 1 aliphatic carbocycles. The molecule has 2 aromatic rings. The van der Waals surface area contributed by atoms with E-state index in [0.29, 0.717) is 13.1 Å². The Balaban J connectivity index is 1.36. The van der Waals surface area contributed by atoms with Crippen molar-refractivity contribution in [2.45, 2.75) is 36.5 Å². The molecule has 2 saturated heterocycles. The third-order valence-corrected chi connectivity index (χ3v) is 8.85. The molecule has 2 fully saturated rings. The van der Waals surface area contributed by atoms with Gasteiger partial charge in [-0.25, -0.2) is 9.80 Å². The van der Waals surface area contributed by atoms with Crippen LogP contribution in [0.15, 0.2) is 83.4 Å². The van der Waals surface area contributed by atoms with Crippen molar-refractivity contribution in [3.63, 3.8) is 0 Å². The molecule has 3 aliphatic heterocycles. The molecule has 4 unspecified atom stereocenters. The predicted octanol–water partition coefficient (Wildman–Crippen LogP) is 2.81. The molecule has 6 rings (SSSR count). The highest BCUT2D eigenvalue weighted by Crippen LogP contribution is 2.34. The van der Waals surface area contributed by atoms with Gasteiger partial charge in [-0.3, -0.25) is 14.6 Å². The van der Waals surface area contributed by atoms with Crippen LogP contribution in [0.5, 0.6) is 5.75 Å². The van der Waals surface area contributed by atoms with Gasteiger partial charge in [-0.1, -0.05) is 60.7 Å². The number of carbonyl (C=O) groups is 3. The standard InChI is InChI=1S/C30H31N5O5S/c1-40-30(39)35-26-17-32(16-22-8-5-9-25-28(22)31-19-41-25)29(38)24(14-20-10-12-23(36)13-11-20)34(26)27(37)18-33(35)15-21-6-3-2-4-7-21/h2-13,19,24-26,28,36H,14-18H2,1H3. The molecule has 2 aromatic carbocycles. The highest BCUT2D eigenvalue weighted by Gasteiger charge is 2.52. The van der Waals surface area contributed by atoms with Crippen LogP contribution < -0.4 is 0 Å². The first-order chi connectivity index (χ1) is 19.9. The van der Waals surface area contributed by atoms with Gasteiger partial charge in [0.2, 0.25) is 11.8 Å². The Labute approximate surface area is 242 Å². The third-order valence-electron chi connectivity index (χ3n) is 7.88. The number of carbonyl (C=O) groups excluding carboxylic acids is 3. The van der Waals surface area contributed by atoms with Gasteiger partial charge in [0.05, 0.1) is 37.0 Å². The Bertz CT molecular complexity index is 1410. The quantitative estimate of drug-likeness (QED) is 0.567. The number of hydrogen-bond donors (Lipinski definition) is 1. The van der Waals surface area contributed by atoms with Crippen LogP contribution in [-0.4, -0.2) is 98.6 Å². The van der Waals surface area contributed by atoms with E-state index in [1.807, 2.05) is 48.0 Å². The Morgan fingerprint density at radius 3 is 2.61 bits per heavy atom. The Kier molecular flexibility index (Phi) is 7.55. The number of benzene rings is 2. The van der Waals surface area contributed by atoms with Gasteiger partial charge in [-0.2, -0.15) is 5.01 Å². The van der Waals surface area contributed by atoms with Crippen molar-refractivity contribution in [3.8, 4) is 5.75 Å². The molecule has 3 amide bonds. The molecule has 0 spiro atoms. The number of hydrogen-bond acceptors (Lipinski definition) is 8. The molecule has 3 heterocycles. The van der Waals surface area contributed by atoms with Crippen molar-refractivity contribution in [3.05, 3.63) is 89.5 Å². The maximum absolute atomic E-state index is 14.1. The Morgan fingerprint density at radius 2 is 1.85 bits per heavy atom. The van der Waals surface area contributed by atoms with Crippen molar-refractivity contribution in [2.24, 2.45) is 4.99 Å². The lowest BCUT2D eigenvalue weighted by atomic mass is 9.95. The number of amides is 3. The number of aromatic hydroxyl groups is 1. The molecule has 0 saturated carbocycles. The summed E-state index contributed by atoms with van der Waals surface area (Å²) in [6.07, 6.45) is 5.00. The lowest BCUT2D eigenvalue weighted by Gasteiger charge is -2.55. The summed E-state index contributed by atoms with van der Waals surface area (Å²) in [4.78, 5) is 49.1. The van der Waals surface area contributed by atoms with Crippen molar-refractivity contribution in [2.75, 3.05) is 26.7 Å². The number of hydrazine groups is 1. The number of ether oxygens (including phenoxy) is 1. The molecule has 0 aromatic heterocycles. The largest absolute Gasteiger partial charge is 0.508 e. The second kappa shape index (κ2) is 11.4. The van der Waals surface area contributed by atoms with Crippen LogP contribution in [0.25, 0.3) is 0 Å². The van der Waals surface area contributed by atoms with Crippen LogP contribution in [0, 0.1) is 0 Å². The normalized spacial score (nSPS) is 25.7. The smallest absolute Gasteiger partial charge is 0.426 e. The molecule has 4 atom stereocenters. The summed E-state index contributed by atoms with van der Waals surface area (Å²) in [6, 6.07) is 15.3. The second-order valence-electron chi connectivity index (χ2n) is 10.4. The van der Waals surface area contributed by atoms with Crippen LogP contribution in [0.4, 0.5) is 4.79 Å². The average molecular weight is 574 g/mol. The molecule has 10 nitrogen and oxygen atoms in total. The number of allylic oxidation sites excluding steroid dienone is 2. The highest BCUT2D eigenvalue weighted by atomic mass is 32.2. The zero-order valence-corrected chi connectivity index (χ0v) is 23.4. The van der Waals surface area contributed by atoms with E-state index in [1.165, 1.54) is 12.1 Å².